The molecule has 0 amide bonds. The fourth-order valence-corrected chi connectivity index (χ4v) is 5.69. The summed E-state index contributed by atoms with van der Waals surface area (Å²) >= 11 is 0. The van der Waals surface area contributed by atoms with E-state index >= 15 is 0 Å². The second kappa shape index (κ2) is 40.0. The summed E-state index contributed by atoms with van der Waals surface area (Å²) in [6, 6.07) is 0. The zero-order valence-corrected chi connectivity index (χ0v) is 37.2. The molecule has 344 valence electrons. The van der Waals surface area contributed by atoms with Crippen LogP contribution in [0.15, 0.2) is 0 Å². The molecular formula is C48H74O13. The Balaban J connectivity index is 5.72. The Bertz CT molecular complexity index is 1140. The van der Waals surface area contributed by atoms with Crippen molar-refractivity contribution in [3.05, 3.63) is 0 Å². The first-order valence-electron chi connectivity index (χ1n) is 21.9. The van der Waals surface area contributed by atoms with Crippen molar-refractivity contribution in [3.8, 4) is 49.4 Å². The molecule has 0 rings (SSSR count). The van der Waals surface area contributed by atoms with Crippen LogP contribution in [-0.4, -0.2) is 116 Å². The summed E-state index contributed by atoms with van der Waals surface area (Å²) in [6.45, 7) is 6.85. The van der Waals surface area contributed by atoms with Gasteiger partial charge in [-0.3, -0.25) is 19.2 Å². The van der Waals surface area contributed by atoms with Crippen molar-refractivity contribution in [1.29, 1.82) is 0 Å². The van der Waals surface area contributed by atoms with E-state index in [1.54, 1.807) is 0 Å². The van der Waals surface area contributed by atoms with Crippen LogP contribution in [0.3, 0.4) is 0 Å². The van der Waals surface area contributed by atoms with Crippen LogP contribution in [0, 0.1) is 60.2 Å². The Morgan fingerprint density at radius 3 is 0.820 bits per heavy atom. The van der Waals surface area contributed by atoms with Gasteiger partial charge in [-0.1, -0.05) is 63.2 Å². The minimum absolute atomic E-state index is 0.0436. The number of rotatable bonds is 42. The topological polar surface area (TPSA) is 151 Å². The van der Waals surface area contributed by atoms with Crippen LogP contribution in [0.2, 0.25) is 0 Å². The van der Waals surface area contributed by atoms with Gasteiger partial charge in [0.15, 0.2) is 0 Å². The van der Waals surface area contributed by atoms with Crippen molar-refractivity contribution < 1.29 is 61.8 Å². The molecule has 0 aliphatic rings. The maximum absolute atomic E-state index is 12.9. The van der Waals surface area contributed by atoms with E-state index in [0.717, 1.165) is 51.4 Å². The monoisotopic (exact) mass is 859 g/mol. The summed E-state index contributed by atoms with van der Waals surface area (Å²) in [5.74, 6) is 8.21. The van der Waals surface area contributed by atoms with Gasteiger partial charge in [-0.05, 0) is 64.2 Å². The molecule has 0 aromatic carbocycles. The largest absolute Gasteiger partial charge is 0.465 e. The molecular weight excluding hydrogens is 785 g/mol. The predicted octanol–water partition coefficient (Wildman–Crippen LogP) is 6.81. The average molecular weight is 859 g/mol. The first kappa shape index (κ1) is 56.9. The summed E-state index contributed by atoms with van der Waals surface area (Å²) in [6.07, 6.45) is 31.3. The van der Waals surface area contributed by atoms with Crippen LogP contribution in [0.4, 0.5) is 0 Å². The lowest BCUT2D eigenvalue weighted by Gasteiger charge is -2.35. The Morgan fingerprint density at radius 1 is 0.361 bits per heavy atom. The highest BCUT2D eigenvalue weighted by molar-refractivity contribution is 5.70. The molecule has 0 saturated carbocycles. The van der Waals surface area contributed by atoms with Crippen LogP contribution in [0.1, 0.15) is 129 Å². The van der Waals surface area contributed by atoms with Crippen LogP contribution in [0.25, 0.3) is 0 Å². The van der Waals surface area contributed by atoms with Crippen LogP contribution < -0.4 is 0 Å². The third kappa shape index (κ3) is 33.3. The van der Waals surface area contributed by atoms with Crippen molar-refractivity contribution in [3.63, 3.8) is 0 Å². The van der Waals surface area contributed by atoms with Gasteiger partial charge in [-0.25, -0.2) is 0 Å². The van der Waals surface area contributed by atoms with E-state index in [1.165, 1.54) is 0 Å². The lowest BCUT2D eigenvalue weighted by molar-refractivity contribution is -0.163. The Morgan fingerprint density at radius 2 is 0.607 bits per heavy atom. The Labute approximate surface area is 367 Å². The van der Waals surface area contributed by atoms with Crippen molar-refractivity contribution in [2.75, 3.05) is 92.5 Å². The molecule has 0 aliphatic carbocycles. The quantitative estimate of drug-likeness (QED) is 0.0274. The van der Waals surface area contributed by atoms with E-state index in [1.807, 2.05) is 13.8 Å². The number of hydrogen-bond donors (Lipinski definition) is 0. The van der Waals surface area contributed by atoms with Gasteiger partial charge < -0.3 is 42.6 Å². The van der Waals surface area contributed by atoms with Gasteiger partial charge in [-0.2, -0.15) is 0 Å². The second-order valence-corrected chi connectivity index (χ2v) is 15.1. The fourth-order valence-electron chi connectivity index (χ4n) is 5.69. The summed E-state index contributed by atoms with van der Waals surface area (Å²) in [5.41, 5.74) is -1.75. The number of esters is 4. The maximum atomic E-state index is 12.9. The molecule has 0 radical (unpaired) electrons. The van der Waals surface area contributed by atoms with Crippen LogP contribution in [-0.2, 0) is 61.8 Å². The lowest BCUT2D eigenvalue weighted by Crippen LogP contribution is -2.42. The van der Waals surface area contributed by atoms with Gasteiger partial charge >= 0.3 is 23.9 Å². The molecule has 0 heterocycles. The molecule has 0 N–H and O–H groups in total. The van der Waals surface area contributed by atoms with E-state index in [4.69, 9.17) is 68.3 Å². The van der Waals surface area contributed by atoms with Crippen molar-refractivity contribution in [2.45, 2.75) is 129 Å². The minimum Gasteiger partial charge on any atom is -0.465 e. The lowest BCUT2D eigenvalue weighted by atomic mass is 9.86. The molecule has 0 aliphatic heterocycles. The number of ether oxygens (including phenoxy) is 9. The first-order chi connectivity index (χ1) is 29.6. The molecule has 0 spiro atoms. The highest BCUT2D eigenvalue weighted by Crippen LogP contribution is 2.29. The van der Waals surface area contributed by atoms with E-state index < -0.39 is 10.8 Å². The smallest absolute Gasteiger partial charge is 0.305 e. The van der Waals surface area contributed by atoms with E-state index in [0.29, 0.717) is 65.0 Å². The number of hydrogen-bond acceptors (Lipinski definition) is 13. The number of terminal acetylenes is 4. The molecule has 0 fully saturated rings. The third-order valence-corrected chi connectivity index (χ3v) is 9.89. The molecule has 0 aromatic rings. The Kier molecular flexibility index (Phi) is 37.3. The summed E-state index contributed by atoms with van der Waals surface area (Å²) < 4.78 is 50.6. The predicted molar refractivity (Wildman–Crippen MR) is 233 cm³/mol. The van der Waals surface area contributed by atoms with Gasteiger partial charge in [0.2, 0.25) is 0 Å². The molecule has 0 aromatic heterocycles. The van der Waals surface area contributed by atoms with E-state index in [2.05, 4.69) is 23.7 Å². The van der Waals surface area contributed by atoms with Crippen LogP contribution >= 0.6 is 0 Å². The first-order valence-corrected chi connectivity index (χ1v) is 21.9. The number of carbonyl (C=O) groups excluding carboxylic acids is 4. The summed E-state index contributed by atoms with van der Waals surface area (Å²) in [4.78, 5) is 51.4. The van der Waals surface area contributed by atoms with Gasteiger partial charge in [0, 0.05) is 52.1 Å². The molecule has 13 heteroatoms. The molecule has 0 unspecified atom stereocenters. The van der Waals surface area contributed by atoms with Crippen LogP contribution in [0.5, 0.6) is 0 Å². The fraction of sp³-hybridized carbons (Fsp3) is 0.750. The van der Waals surface area contributed by atoms with Gasteiger partial charge in [-0.15, -0.1) is 25.7 Å². The van der Waals surface area contributed by atoms with Gasteiger partial charge in [0.05, 0.1) is 24.0 Å². The summed E-state index contributed by atoms with van der Waals surface area (Å²) in [5, 5.41) is 0. The zero-order chi connectivity index (χ0) is 45.1. The minimum atomic E-state index is -0.877. The van der Waals surface area contributed by atoms with Gasteiger partial charge in [0.25, 0.3) is 0 Å². The van der Waals surface area contributed by atoms with Crippen molar-refractivity contribution in [2.24, 2.45) is 10.8 Å². The number of unbranched alkanes of at least 4 members (excludes halogenated alkanes) is 8. The highest BCUT2D eigenvalue weighted by atomic mass is 16.6. The standard InChI is InChI=1S/C48H74O13/c1-7-29-53-33-21-13-17-25-43(49)58-39-47(11-5,40-59-44(50)26-18-14-22-34-54-30-8-2)37-57-38-48(12-6,41-60-45(51)27-19-15-23-35-55-31-9-3)42-61-46(52)28-20-16-24-36-56-32-10-4/h1-4H,11-42H2,5-6H3. The van der Waals surface area contributed by atoms with Crippen molar-refractivity contribution >= 4 is 23.9 Å². The van der Waals surface area contributed by atoms with Gasteiger partial charge in [0.1, 0.15) is 52.9 Å². The third-order valence-electron chi connectivity index (χ3n) is 9.89. The molecule has 13 nitrogen and oxygen atoms in total. The highest BCUT2D eigenvalue weighted by Gasteiger charge is 2.37. The summed E-state index contributed by atoms with van der Waals surface area (Å²) in [7, 11) is 0. The zero-order valence-electron chi connectivity index (χ0n) is 37.2. The average Bonchev–Trinajstić information content (AvgIpc) is 3.26. The second-order valence-electron chi connectivity index (χ2n) is 15.1. The van der Waals surface area contributed by atoms with E-state index in [-0.39, 0.29) is 116 Å². The molecule has 0 bridgehead atoms. The SMILES string of the molecule is C#CCOCCCCCC(=O)OCC(CC)(COCC(CC)(COC(=O)CCCCCOCC#C)COC(=O)CCCCCOCC#C)COC(=O)CCCCCOCC#C. The normalized spacial score (nSPS) is 11.1. The number of carbonyl (C=O) groups is 4. The van der Waals surface area contributed by atoms with Crippen molar-refractivity contribution in [1.82, 2.24) is 0 Å². The Hall–Kier alpha value is -4.08. The molecule has 0 atom stereocenters. The van der Waals surface area contributed by atoms with E-state index in [9.17, 15) is 19.2 Å². The molecule has 0 saturated heterocycles. The molecule has 61 heavy (non-hydrogen) atoms. The maximum Gasteiger partial charge on any atom is 0.305 e.